The van der Waals surface area contributed by atoms with Crippen molar-refractivity contribution in [3.8, 4) is 5.75 Å². The van der Waals surface area contributed by atoms with E-state index in [0.29, 0.717) is 34.2 Å². The van der Waals surface area contributed by atoms with Gasteiger partial charge in [-0.25, -0.2) is 9.37 Å². The molecule has 0 spiro atoms. The fraction of sp³-hybridized carbons (Fsp3) is 0.320. The van der Waals surface area contributed by atoms with E-state index in [9.17, 15) is 4.39 Å². The Hall–Kier alpha value is -3.39. The van der Waals surface area contributed by atoms with Gasteiger partial charge in [-0.05, 0) is 62.9 Å². The number of pyridine rings is 1. The lowest BCUT2D eigenvalue weighted by molar-refractivity contribution is 0.226. The van der Waals surface area contributed by atoms with Crippen LogP contribution in [0.4, 0.5) is 10.2 Å². The normalized spacial score (nSPS) is 21.4. The second-order valence-corrected chi connectivity index (χ2v) is 9.07. The Labute approximate surface area is 203 Å². The standard InChI is InChI=1S/C25H28ClFN6O/c1-13(28)20-12-31-21(9-23(26)29)18-6-5-17(27)8-19(18)14(2)34-22-7-16(11-33-25(22)30)24(20)32-10-15-3-4-15/h5-9,11,14-15,28-29,31-32H,3-4,10,12H2,1-2H3,(H2,30,33)/b21-9-,24-20-,28-13?,29-23?/t14-/m1/s1. The molecule has 1 saturated carbocycles. The minimum Gasteiger partial charge on any atom is -0.482 e. The highest BCUT2D eigenvalue weighted by atomic mass is 35.5. The fourth-order valence-electron chi connectivity index (χ4n) is 3.95. The van der Waals surface area contributed by atoms with E-state index < -0.39 is 11.9 Å². The Balaban J connectivity index is 1.90. The molecular weight excluding hydrogens is 455 g/mol. The van der Waals surface area contributed by atoms with Crippen molar-refractivity contribution < 1.29 is 9.13 Å². The summed E-state index contributed by atoms with van der Waals surface area (Å²) >= 11 is 5.93. The van der Waals surface area contributed by atoms with Crippen molar-refractivity contribution in [2.45, 2.75) is 32.8 Å². The molecule has 1 fully saturated rings. The zero-order chi connectivity index (χ0) is 24.4. The molecule has 0 amide bonds. The summed E-state index contributed by atoms with van der Waals surface area (Å²) in [6.07, 6.45) is 4.92. The number of rotatable bonds is 5. The summed E-state index contributed by atoms with van der Waals surface area (Å²) in [6.45, 7) is 4.60. The number of allylic oxidation sites excluding steroid dienone is 1. The van der Waals surface area contributed by atoms with Gasteiger partial charge >= 0.3 is 0 Å². The molecule has 9 heteroatoms. The SMILES string of the molecule is CC(=N)/C1=C(\NCC2CC2)c2cnc(N)c(c2)O[C@H](C)c2cc(F)ccc2/C(=C/C(=N)Cl)NC1. The third kappa shape index (κ3) is 5.39. The van der Waals surface area contributed by atoms with Gasteiger partial charge in [0.25, 0.3) is 0 Å². The Kier molecular flexibility index (Phi) is 6.88. The maximum absolute atomic E-state index is 14.2. The molecule has 2 bridgehead atoms. The van der Waals surface area contributed by atoms with Gasteiger partial charge in [0.1, 0.15) is 17.1 Å². The molecule has 34 heavy (non-hydrogen) atoms. The molecule has 1 aliphatic carbocycles. The van der Waals surface area contributed by atoms with Gasteiger partial charge in [0.15, 0.2) is 11.6 Å². The number of halogens is 2. The molecule has 7 nitrogen and oxygen atoms in total. The molecule has 0 unspecified atom stereocenters. The molecule has 0 radical (unpaired) electrons. The van der Waals surface area contributed by atoms with Crippen LogP contribution in [0.15, 0.2) is 42.1 Å². The van der Waals surface area contributed by atoms with Crippen LogP contribution in [0.3, 0.4) is 0 Å². The quantitative estimate of drug-likeness (QED) is 0.390. The van der Waals surface area contributed by atoms with Crippen LogP contribution in [-0.4, -0.2) is 29.0 Å². The van der Waals surface area contributed by atoms with E-state index in [-0.39, 0.29) is 17.5 Å². The third-order valence-corrected chi connectivity index (χ3v) is 6.07. The van der Waals surface area contributed by atoms with Crippen molar-refractivity contribution in [3.63, 3.8) is 0 Å². The van der Waals surface area contributed by atoms with E-state index >= 15 is 0 Å². The minimum atomic E-state index is -0.574. The highest BCUT2D eigenvalue weighted by Crippen LogP contribution is 2.34. The monoisotopic (exact) mass is 482 g/mol. The summed E-state index contributed by atoms with van der Waals surface area (Å²) in [4.78, 5) is 4.33. The second-order valence-electron chi connectivity index (χ2n) is 8.66. The summed E-state index contributed by atoms with van der Waals surface area (Å²) in [7, 11) is 0. The lowest BCUT2D eigenvalue weighted by Crippen LogP contribution is -2.26. The predicted molar refractivity (Wildman–Crippen MR) is 135 cm³/mol. The van der Waals surface area contributed by atoms with E-state index in [2.05, 4.69) is 15.6 Å². The van der Waals surface area contributed by atoms with E-state index in [1.54, 1.807) is 26.1 Å². The number of nitrogens with one attached hydrogen (secondary N) is 4. The number of ether oxygens (including phenoxy) is 1. The van der Waals surface area contributed by atoms with Crippen LogP contribution >= 0.6 is 11.6 Å². The summed E-state index contributed by atoms with van der Waals surface area (Å²) in [5.74, 6) is 0.790. The number of hydrogen-bond donors (Lipinski definition) is 5. The van der Waals surface area contributed by atoms with Gasteiger partial charge in [-0.15, -0.1) is 0 Å². The Morgan fingerprint density at radius 3 is 2.79 bits per heavy atom. The average molecular weight is 483 g/mol. The zero-order valence-electron chi connectivity index (χ0n) is 19.1. The highest BCUT2D eigenvalue weighted by Gasteiger charge is 2.24. The number of anilines is 1. The molecule has 0 saturated heterocycles. The molecule has 1 aliphatic heterocycles. The molecule has 2 aromatic rings. The number of nitrogens with zero attached hydrogens (tertiary/aromatic N) is 1. The van der Waals surface area contributed by atoms with Crippen molar-refractivity contribution in [2.24, 2.45) is 5.92 Å². The number of nitrogen functional groups attached to an aromatic ring is 1. The third-order valence-electron chi connectivity index (χ3n) is 5.96. The van der Waals surface area contributed by atoms with E-state index in [4.69, 9.17) is 32.9 Å². The van der Waals surface area contributed by atoms with Crippen LogP contribution in [0, 0.1) is 22.6 Å². The molecule has 4 rings (SSSR count). The average Bonchev–Trinajstić information content (AvgIpc) is 3.60. The second kappa shape index (κ2) is 9.85. The number of aromatic nitrogens is 1. The van der Waals surface area contributed by atoms with Gasteiger partial charge < -0.3 is 26.5 Å². The molecule has 2 aliphatic rings. The first-order valence-electron chi connectivity index (χ1n) is 11.2. The molecule has 6 N–H and O–H groups in total. The van der Waals surface area contributed by atoms with Gasteiger partial charge in [-0.2, -0.15) is 0 Å². The Morgan fingerprint density at radius 1 is 1.35 bits per heavy atom. The van der Waals surface area contributed by atoms with Gasteiger partial charge in [-0.1, -0.05) is 11.6 Å². The van der Waals surface area contributed by atoms with Crippen LogP contribution in [0.2, 0.25) is 0 Å². The van der Waals surface area contributed by atoms with Gasteiger partial charge in [0, 0.05) is 58.7 Å². The molecular formula is C25H28ClFN6O. The van der Waals surface area contributed by atoms with Crippen molar-refractivity contribution in [3.05, 3.63) is 64.6 Å². The van der Waals surface area contributed by atoms with Crippen LogP contribution in [0.1, 0.15) is 49.5 Å². The van der Waals surface area contributed by atoms with Crippen LogP contribution in [0.5, 0.6) is 5.75 Å². The summed E-state index contributed by atoms with van der Waals surface area (Å²) < 4.78 is 20.4. The summed E-state index contributed by atoms with van der Waals surface area (Å²) in [5, 5.41) is 23.0. The maximum atomic E-state index is 14.2. The zero-order valence-corrected chi connectivity index (χ0v) is 19.9. The number of nitrogens with two attached hydrogens (primary N) is 1. The van der Waals surface area contributed by atoms with E-state index in [0.717, 1.165) is 23.4 Å². The topological polar surface area (TPSA) is 120 Å². The lowest BCUT2D eigenvalue weighted by atomic mass is 9.98. The molecule has 1 atom stereocenters. The van der Waals surface area contributed by atoms with Crippen molar-refractivity contribution in [2.75, 3.05) is 18.8 Å². The number of benzene rings is 1. The van der Waals surface area contributed by atoms with Gasteiger partial charge in [0.05, 0.1) is 0 Å². The Morgan fingerprint density at radius 2 is 2.12 bits per heavy atom. The minimum absolute atomic E-state index is 0.179. The van der Waals surface area contributed by atoms with Crippen molar-refractivity contribution in [1.29, 1.82) is 10.8 Å². The van der Waals surface area contributed by atoms with Crippen LogP contribution < -0.4 is 21.1 Å². The fourth-order valence-corrected chi connectivity index (χ4v) is 4.06. The number of fused-ring (bicyclic) bond motifs is 3. The first kappa shape index (κ1) is 23.8. The van der Waals surface area contributed by atoms with E-state index in [1.165, 1.54) is 31.1 Å². The first-order chi connectivity index (χ1) is 16.2. The maximum Gasteiger partial charge on any atom is 0.166 e. The molecule has 1 aromatic carbocycles. The van der Waals surface area contributed by atoms with Gasteiger partial charge in [0.2, 0.25) is 0 Å². The van der Waals surface area contributed by atoms with Gasteiger partial charge in [-0.3, -0.25) is 5.41 Å². The first-order valence-corrected chi connectivity index (χ1v) is 11.5. The van der Waals surface area contributed by atoms with Crippen LogP contribution in [0.25, 0.3) is 11.4 Å². The predicted octanol–water partition coefficient (Wildman–Crippen LogP) is 4.85. The smallest absolute Gasteiger partial charge is 0.166 e. The summed E-state index contributed by atoms with van der Waals surface area (Å²) in [5.41, 5.74) is 10.5. The number of hydrogen-bond acceptors (Lipinski definition) is 7. The molecule has 178 valence electrons. The van der Waals surface area contributed by atoms with Crippen LogP contribution in [-0.2, 0) is 0 Å². The summed E-state index contributed by atoms with van der Waals surface area (Å²) in [6, 6.07) is 6.18. The molecule has 2 heterocycles. The lowest BCUT2D eigenvalue weighted by Gasteiger charge is -2.25. The van der Waals surface area contributed by atoms with Crippen molar-refractivity contribution >= 4 is 39.7 Å². The highest BCUT2D eigenvalue weighted by molar-refractivity contribution is 6.68. The largest absolute Gasteiger partial charge is 0.482 e. The van der Waals surface area contributed by atoms with E-state index in [1.807, 2.05) is 6.07 Å². The molecule has 1 aromatic heterocycles. The Bertz CT molecular complexity index is 1200. The van der Waals surface area contributed by atoms with Crippen molar-refractivity contribution in [1.82, 2.24) is 15.6 Å².